The number of aliphatic imine (C=N–C) groups is 1. The van der Waals surface area contributed by atoms with E-state index in [9.17, 15) is 24.3 Å². The number of aromatic amines is 2. The number of nitrogens with one attached hydrogen (secondary N) is 6. The highest BCUT2D eigenvalue weighted by Crippen LogP contribution is 2.39. The van der Waals surface area contributed by atoms with Crippen LogP contribution in [-0.4, -0.2) is 120 Å². The van der Waals surface area contributed by atoms with Crippen LogP contribution in [0.2, 0.25) is 0 Å². The zero-order chi connectivity index (χ0) is 56.3. The number of pyridine rings is 1. The number of aromatic nitrogens is 5. The number of likely N-dealkylation sites (tertiary alicyclic amines) is 1. The summed E-state index contributed by atoms with van der Waals surface area (Å²) < 4.78 is 0.532. The van der Waals surface area contributed by atoms with Crippen LogP contribution in [0.15, 0.2) is 90.2 Å². The lowest BCUT2D eigenvalue weighted by molar-refractivity contribution is -0.133. The van der Waals surface area contributed by atoms with Gasteiger partial charge in [0.1, 0.15) is 27.7 Å². The molecule has 0 spiro atoms. The number of rotatable bonds is 14. The Labute approximate surface area is 462 Å². The van der Waals surface area contributed by atoms with E-state index in [1.165, 1.54) is 35.0 Å². The number of fused-ring (bicyclic) bond motifs is 3. The van der Waals surface area contributed by atoms with Crippen molar-refractivity contribution in [1.29, 1.82) is 0 Å². The number of aliphatic hydroxyl groups is 1. The Bertz CT molecular complexity index is 3120. The van der Waals surface area contributed by atoms with Gasteiger partial charge in [-0.1, -0.05) is 119 Å². The number of carbonyl (C=O) groups excluding carboxylic acids is 4. The van der Waals surface area contributed by atoms with Crippen LogP contribution in [0.25, 0.3) is 22.1 Å². The Hall–Kier alpha value is -7.09. The zero-order valence-electron chi connectivity index (χ0n) is 46.4. The number of nitrogens with two attached hydrogens (primary N) is 2. The Kier molecular flexibility index (Phi) is 19.6. The van der Waals surface area contributed by atoms with Gasteiger partial charge in [0.05, 0.1) is 43.0 Å². The predicted octanol–water partition coefficient (Wildman–Crippen LogP) is 6.84. The molecule has 1 saturated heterocycles. The molecule has 0 unspecified atom stereocenters. The van der Waals surface area contributed by atoms with Crippen LogP contribution < -0.4 is 32.7 Å². The molecule has 1 aliphatic carbocycles. The van der Waals surface area contributed by atoms with Crippen LogP contribution in [0, 0.1) is 30.3 Å². The van der Waals surface area contributed by atoms with E-state index >= 15 is 0 Å². The fourth-order valence-electron chi connectivity index (χ4n) is 10.6. The first-order valence-corrected chi connectivity index (χ1v) is 27.5. The fraction of sp³-hybridized carbons (Fsp3) is 0.475. The van der Waals surface area contributed by atoms with E-state index in [-0.39, 0.29) is 35.9 Å². The quantitative estimate of drug-likeness (QED) is 0.0508. The number of benzene rings is 3. The first-order chi connectivity index (χ1) is 37.0. The minimum atomic E-state index is -1.30. The van der Waals surface area contributed by atoms with Crippen molar-refractivity contribution in [2.24, 2.45) is 22.6 Å². The smallest absolute Gasteiger partial charge is 0.270 e. The van der Waals surface area contributed by atoms with Crippen LogP contribution in [0.4, 0.5) is 5.95 Å². The highest BCUT2D eigenvalue weighted by atomic mass is 32.1. The lowest BCUT2D eigenvalue weighted by Gasteiger charge is -2.47. The number of hydrogen-bond acceptors (Lipinski definition) is 13. The van der Waals surface area contributed by atoms with Crippen molar-refractivity contribution in [3.63, 3.8) is 0 Å². The van der Waals surface area contributed by atoms with Gasteiger partial charge in [0.25, 0.3) is 5.91 Å². The summed E-state index contributed by atoms with van der Waals surface area (Å²) in [4.78, 5) is 77.1. The third kappa shape index (κ3) is 16.2. The molecule has 2 aliphatic heterocycles. The number of β-amino-alcohol motifs (C(OH)–C–C–N with tert-alkyl or cyclic N) is 1. The van der Waals surface area contributed by atoms with Crippen LogP contribution in [0.3, 0.4) is 0 Å². The molecule has 11 N–H and O–H groups in total. The number of piperidine rings is 1. The van der Waals surface area contributed by atoms with Crippen molar-refractivity contribution in [2.45, 2.75) is 142 Å². The SMILES string of the molecule is CC(C)(C)NC(=O)[C@@H]1C[C@@H]2CCCC[C@@H]2CN1C[C@@H](O)[C@H](Cc1ccccc1)NC(=O)[C@H](CC(N)=O)NC(=O)c1ccc2ccccc2n1.Cc1cc(C(C)(C)C)cc(C)c1CC1=NCCN1.Nc1nc2nc[nH]c2c(=S)[nH]1. The van der Waals surface area contributed by atoms with Gasteiger partial charge < -0.3 is 47.8 Å². The van der Waals surface area contributed by atoms with Gasteiger partial charge in [-0.15, -0.1) is 0 Å². The van der Waals surface area contributed by atoms with E-state index in [1.54, 1.807) is 18.2 Å². The molecule has 0 bridgehead atoms. The summed E-state index contributed by atoms with van der Waals surface area (Å²) in [5, 5.41) is 24.8. The largest absolute Gasteiger partial charge is 0.390 e. The lowest BCUT2D eigenvalue weighted by Crippen LogP contribution is -2.61. The molecule has 0 radical (unpaired) electrons. The maximum atomic E-state index is 13.8. The standard InChI is InChI=1S/C38H50N6O5.C16H24N2.C5H5N5S/c1-38(2,3)43-37(49)32-20-26-14-7-8-15-27(26)22-44(32)23-33(45)30(19-24-11-5-4-6-12-24)41-36(48)31(21-34(39)46)42-35(47)29-18-17-25-13-9-10-16-28(25)40-29;1-11-8-13(16(3,4)5)9-12(2)14(11)10-15-17-6-7-18-15;6-5-9-3-2(4(11)10-5)7-1-8-3/h4-6,9-13,16-18,26-27,30-33,45H,7-8,14-15,19-23H2,1-3H3,(H2,39,46)(H,41,48)(H,42,47)(H,43,49);8-9H,6-7,10H2,1-5H3,(H,17,18);1H,(H4,6,7,8,9,10,11)/t26-,27+,30-,31-,32-,33+;;/m0../s1. The summed E-state index contributed by atoms with van der Waals surface area (Å²) in [6, 6.07) is 22.3. The number of amidine groups is 1. The average Bonchev–Trinajstić information content (AvgIpc) is 4.13. The van der Waals surface area contributed by atoms with Crippen molar-refractivity contribution in [3.05, 3.63) is 123 Å². The fourth-order valence-corrected chi connectivity index (χ4v) is 10.8. The Morgan fingerprint density at radius 1 is 0.897 bits per heavy atom. The second-order valence-corrected chi connectivity index (χ2v) is 23.4. The number of imidazole rings is 1. The van der Waals surface area contributed by atoms with Crippen LogP contribution in [0.5, 0.6) is 0 Å². The van der Waals surface area contributed by atoms with E-state index in [0.717, 1.165) is 62.0 Å². The molecule has 78 heavy (non-hydrogen) atoms. The van der Waals surface area contributed by atoms with Gasteiger partial charge in [0, 0.05) is 37.0 Å². The van der Waals surface area contributed by atoms with Crippen LogP contribution >= 0.6 is 12.2 Å². The van der Waals surface area contributed by atoms with Gasteiger partial charge >= 0.3 is 0 Å². The Morgan fingerprint density at radius 3 is 2.26 bits per heavy atom. The number of para-hydroxylation sites is 1. The van der Waals surface area contributed by atoms with Crippen molar-refractivity contribution in [3.8, 4) is 0 Å². The Balaban J connectivity index is 0.000000244. The maximum Gasteiger partial charge on any atom is 0.270 e. The number of primary amides is 1. The predicted molar refractivity (Wildman–Crippen MR) is 310 cm³/mol. The summed E-state index contributed by atoms with van der Waals surface area (Å²) >= 11 is 4.95. The highest BCUT2D eigenvalue weighted by Gasteiger charge is 2.42. The van der Waals surface area contributed by atoms with Gasteiger partial charge in [-0.2, -0.15) is 4.98 Å². The molecule has 18 nitrogen and oxygen atoms in total. The molecule has 6 aromatic rings. The molecule has 19 heteroatoms. The number of aryl methyl sites for hydroxylation is 2. The number of amides is 4. The minimum absolute atomic E-state index is 0.0566. The van der Waals surface area contributed by atoms with E-state index < -0.39 is 53.9 Å². The van der Waals surface area contributed by atoms with Gasteiger partial charge in [0.15, 0.2) is 5.65 Å². The third-order valence-corrected chi connectivity index (χ3v) is 14.9. The molecule has 2 fully saturated rings. The van der Waals surface area contributed by atoms with E-state index in [0.29, 0.717) is 39.7 Å². The number of anilines is 1. The molecule has 3 aromatic heterocycles. The number of carbonyl (C=O) groups is 4. The van der Waals surface area contributed by atoms with Crippen LogP contribution in [0.1, 0.15) is 118 Å². The number of nitrogens with zero attached hydrogens (tertiary/aromatic N) is 5. The van der Waals surface area contributed by atoms with Gasteiger partial charge in [-0.3, -0.25) is 29.1 Å². The van der Waals surface area contributed by atoms with Crippen molar-refractivity contribution in [1.82, 2.24) is 51.1 Å². The molecule has 9 rings (SSSR count). The Morgan fingerprint density at radius 2 is 1.59 bits per heavy atom. The molecule has 416 valence electrons. The van der Waals surface area contributed by atoms with Gasteiger partial charge in [-0.05, 0) is 111 Å². The topological polar surface area (TPSA) is 275 Å². The summed E-state index contributed by atoms with van der Waals surface area (Å²) in [6.45, 7) is 19.9. The number of H-pyrrole nitrogens is 2. The maximum absolute atomic E-state index is 13.8. The normalized spacial score (nSPS) is 18.6. The van der Waals surface area contributed by atoms with E-state index in [2.05, 4.69) is 103 Å². The summed E-state index contributed by atoms with van der Waals surface area (Å²) in [6.07, 6.45) is 6.51. The molecule has 3 aliphatic rings. The zero-order valence-corrected chi connectivity index (χ0v) is 47.2. The van der Waals surface area contributed by atoms with E-state index in [4.69, 9.17) is 23.7 Å². The highest BCUT2D eigenvalue weighted by molar-refractivity contribution is 7.71. The van der Waals surface area contributed by atoms with E-state index in [1.807, 2.05) is 69.3 Å². The summed E-state index contributed by atoms with van der Waals surface area (Å²) in [7, 11) is 0. The molecule has 3 aromatic carbocycles. The molecule has 6 atom stereocenters. The lowest BCUT2D eigenvalue weighted by atomic mass is 9.72. The van der Waals surface area contributed by atoms with Crippen LogP contribution in [-0.2, 0) is 32.6 Å². The summed E-state index contributed by atoms with van der Waals surface area (Å²) in [5.74, 6) is 0.235. The minimum Gasteiger partial charge on any atom is -0.390 e. The molecule has 5 heterocycles. The number of aliphatic hydroxyl groups excluding tert-OH is 1. The summed E-state index contributed by atoms with van der Waals surface area (Å²) in [5.41, 5.74) is 19.2. The first-order valence-electron chi connectivity index (χ1n) is 27.1. The number of hydrogen-bond donors (Lipinski definition) is 9. The second kappa shape index (κ2) is 26.0. The van der Waals surface area contributed by atoms with Gasteiger partial charge in [-0.25, -0.2) is 9.97 Å². The monoisotopic (exact) mass is 1080 g/mol. The van der Waals surface area contributed by atoms with Crippen molar-refractivity contribution >= 4 is 69.7 Å². The first kappa shape index (κ1) is 58.6. The van der Waals surface area contributed by atoms with Gasteiger partial charge in [0.2, 0.25) is 23.7 Å². The van der Waals surface area contributed by atoms with Crippen molar-refractivity contribution < 1.29 is 24.3 Å². The number of nitrogen functional groups attached to an aromatic ring is 1. The second-order valence-electron chi connectivity index (χ2n) is 23.0. The third-order valence-electron chi connectivity index (χ3n) is 14.6. The molecular formula is C59H79N13O5S. The molecule has 1 saturated carbocycles. The average molecular weight is 1080 g/mol. The van der Waals surface area contributed by atoms with Crippen molar-refractivity contribution in [2.75, 3.05) is 31.9 Å². The molecule has 4 amide bonds. The molecular weight excluding hydrogens is 1000 g/mol.